The van der Waals surface area contributed by atoms with E-state index < -0.39 is 0 Å². The van der Waals surface area contributed by atoms with Gasteiger partial charge in [0.05, 0.1) is 5.69 Å². The molecule has 0 unspecified atom stereocenters. The summed E-state index contributed by atoms with van der Waals surface area (Å²) < 4.78 is 5.16. The predicted octanol–water partition coefficient (Wildman–Crippen LogP) is 3.85. The standard InChI is InChI=1S/C16H13NO2/c1-11-6-8-12(9-7-11)17-14-10-16(18)19-15-5-3-2-4-13(14)15/h2-10,17H,1H3. The molecule has 0 radical (unpaired) electrons. The van der Waals surface area contributed by atoms with E-state index in [2.05, 4.69) is 5.32 Å². The normalized spacial score (nSPS) is 10.6. The number of hydrogen-bond acceptors (Lipinski definition) is 3. The van der Waals surface area contributed by atoms with Gasteiger partial charge in [0, 0.05) is 17.1 Å². The van der Waals surface area contributed by atoms with Crippen LogP contribution in [0.15, 0.2) is 63.8 Å². The Bertz CT molecular complexity index is 773. The molecule has 0 saturated heterocycles. The van der Waals surface area contributed by atoms with Crippen molar-refractivity contribution in [2.24, 2.45) is 0 Å². The van der Waals surface area contributed by atoms with Gasteiger partial charge < -0.3 is 9.73 Å². The van der Waals surface area contributed by atoms with Crippen molar-refractivity contribution in [3.63, 3.8) is 0 Å². The van der Waals surface area contributed by atoms with Crippen molar-refractivity contribution >= 4 is 22.3 Å². The van der Waals surface area contributed by atoms with Crippen LogP contribution in [0.2, 0.25) is 0 Å². The van der Waals surface area contributed by atoms with Gasteiger partial charge in [0.15, 0.2) is 0 Å². The molecule has 1 heterocycles. The van der Waals surface area contributed by atoms with Gasteiger partial charge in [-0.25, -0.2) is 4.79 Å². The van der Waals surface area contributed by atoms with Crippen molar-refractivity contribution in [3.8, 4) is 0 Å². The number of anilines is 2. The van der Waals surface area contributed by atoms with Gasteiger partial charge in [-0.05, 0) is 31.2 Å². The zero-order valence-corrected chi connectivity index (χ0v) is 10.5. The zero-order chi connectivity index (χ0) is 13.2. The Morgan fingerprint density at radius 3 is 2.53 bits per heavy atom. The molecule has 0 saturated carbocycles. The summed E-state index contributed by atoms with van der Waals surface area (Å²) in [5, 5.41) is 4.15. The highest BCUT2D eigenvalue weighted by molar-refractivity contribution is 5.91. The van der Waals surface area contributed by atoms with Gasteiger partial charge in [-0.3, -0.25) is 0 Å². The molecule has 0 bridgehead atoms. The van der Waals surface area contributed by atoms with E-state index in [1.807, 2.05) is 49.4 Å². The maximum atomic E-state index is 11.5. The number of aryl methyl sites for hydroxylation is 1. The third-order valence-corrected chi connectivity index (χ3v) is 2.98. The molecule has 0 spiro atoms. The van der Waals surface area contributed by atoms with Crippen LogP contribution in [-0.2, 0) is 0 Å². The summed E-state index contributed by atoms with van der Waals surface area (Å²) in [6.45, 7) is 2.04. The SMILES string of the molecule is Cc1ccc(Nc2cc(=O)oc3ccccc23)cc1. The second kappa shape index (κ2) is 4.61. The minimum Gasteiger partial charge on any atom is -0.423 e. The maximum Gasteiger partial charge on any atom is 0.338 e. The van der Waals surface area contributed by atoms with Crippen LogP contribution >= 0.6 is 0 Å². The summed E-state index contributed by atoms with van der Waals surface area (Å²) >= 11 is 0. The number of fused-ring (bicyclic) bond motifs is 1. The monoisotopic (exact) mass is 251 g/mol. The van der Waals surface area contributed by atoms with Gasteiger partial charge >= 0.3 is 5.63 Å². The van der Waals surface area contributed by atoms with Gasteiger partial charge in [0.2, 0.25) is 0 Å². The number of para-hydroxylation sites is 1. The number of benzene rings is 2. The van der Waals surface area contributed by atoms with Crippen LogP contribution in [-0.4, -0.2) is 0 Å². The summed E-state index contributed by atoms with van der Waals surface area (Å²) in [6, 6.07) is 17.0. The van der Waals surface area contributed by atoms with Crippen molar-refractivity contribution in [1.82, 2.24) is 0 Å². The average Bonchev–Trinajstić information content (AvgIpc) is 2.41. The highest BCUT2D eigenvalue weighted by atomic mass is 16.4. The molecule has 3 heteroatoms. The van der Waals surface area contributed by atoms with Crippen LogP contribution in [0.25, 0.3) is 11.0 Å². The Hall–Kier alpha value is -2.55. The molecule has 1 N–H and O–H groups in total. The lowest BCUT2D eigenvalue weighted by Gasteiger charge is -2.08. The van der Waals surface area contributed by atoms with E-state index in [9.17, 15) is 4.79 Å². The van der Waals surface area contributed by atoms with E-state index >= 15 is 0 Å². The molecule has 0 aliphatic carbocycles. The molecular weight excluding hydrogens is 238 g/mol. The molecule has 0 atom stereocenters. The summed E-state index contributed by atoms with van der Waals surface area (Å²) in [6.07, 6.45) is 0. The maximum absolute atomic E-state index is 11.5. The molecule has 0 aliphatic rings. The first kappa shape index (κ1) is 11.5. The van der Waals surface area contributed by atoms with Crippen LogP contribution < -0.4 is 10.9 Å². The van der Waals surface area contributed by atoms with Crippen LogP contribution in [0.1, 0.15) is 5.56 Å². The van der Waals surface area contributed by atoms with E-state index in [0.29, 0.717) is 5.58 Å². The second-order valence-corrected chi connectivity index (χ2v) is 4.47. The zero-order valence-electron chi connectivity index (χ0n) is 10.5. The number of nitrogens with one attached hydrogen (secondary N) is 1. The Labute approximate surface area is 110 Å². The largest absolute Gasteiger partial charge is 0.423 e. The van der Waals surface area contributed by atoms with Gasteiger partial charge in [0.25, 0.3) is 0 Å². The third-order valence-electron chi connectivity index (χ3n) is 2.98. The fourth-order valence-corrected chi connectivity index (χ4v) is 2.01. The van der Waals surface area contributed by atoms with Crippen LogP contribution in [0.3, 0.4) is 0 Å². The fourth-order valence-electron chi connectivity index (χ4n) is 2.01. The smallest absolute Gasteiger partial charge is 0.338 e. The molecule has 0 aliphatic heterocycles. The summed E-state index contributed by atoms with van der Waals surface area (Å²) in [4.78, 5) is 11.5. The highest BCUT2D eigenvalue weighted by Gasteiger charge is 2.04. The first-order valence-electron chi connectivity index (χ1n) is 6.09. The Morgan fingerprint density at radius 1 is 1.00 bits per heavy atom. The first-order chi connectivity index (χ1) is 9.22. The van der Waals surface area contributed by atoms with Gasteiger partial charge in [-0.15, -0.1) is 0 Å². The molecule has 0 amide bonds. The first-order valence-corrected chi connectivity index (χ1v) is 6.09. The van der Waals surface area contributed by atoms with Gasteiger partial charge in [-0.2, -0.15) is 0 Å². The van der Waals surface area contributed by atoms with Crippen LogP contribution in [0.4, 0.5) is 11.4 Å². The Morgan fingerprint density at radius 2 is 1.74 bits per heavy atom. The average molecular weight is 251 g/mol. The molecular formula is C16H13NO2. The van der Waals surface area contributed by atoms with Gasteiger partial charge in [0.1, 0.15) is 5.58 Å². The van der Waals surface area contributed by atoms with E-state index in [1.54, 1.807) is 6.07 Å². The van der Waals surface area contributed by atoms with E-state index in [1.165, 1.54) is 11.6 Å². The quantitative estimate of drug-likeness (QED) is 0.703. The van der Waals surface area contributed by atoms with Crippen LogP contribution in [0, 0.1) is 6.92 Å². The lowest BCUT2D eigenvalue weighted by Crippen LogP contribution is -2.00. The second-order valence-electron chi connectivity index (χ2n) is 4.47. The van der Waals surface area contributed by atoms with Crippen molar-refractivity contribution < 1.29 is 4.42 Å². The number of hydrogen-bond donors (Lipinski definition) is 1. The van der Waals surface area contributed by atoms with Crippen molar-refractivity contribution in [2.75, 3.05) is 5.32 Å². The highest BCUT2D eigenvalue weighted by Crippen LogP contribution is 2.24. The predicted molar refractivity (Wildman–Crippen MR) is 76.9 cm³/mol. The molecule has 3 aromatic rings. The lowest BCUT2D eigenvalue weighted by molar-refractivity contribution is 0.561. The lowest BCUT2D eigenvalue weighted by atomic mass is 10.2. The van der Waals surface area contributed by atoms with E-state index in [0.717, 1.165) is 16.8 Å². The summed E-state index contributed by atoms with van der Waals surface area (Å²) in [7, 11) is 0. The van der Waals surface area contributed by atoms with Gasteiger partial charge in [-0.1, -0.05) is 29.8 Å². The minimum absolute atomic E-state index is 0.353. The number of rotatable bonds is 2. The Kier molecular flexibility index (Phi) is 2.80. The minimum atomic E-state index is -0.353. The molecule has 1 aromatic heterocycles. The van der Waals surface area contributed by atoms with E-state index in [4.69, 9.17) is 4.42 Å². The summed E-state index contributed by atoms with van der Waals surface area (Å²) in [5.74, 6) is 0. The van der Waals surface area contributed by atoms with Crippen LogP contribution in [0.5, 0.6) is 0 Å². The molecule has 94 valence electrons. The Balaban J connectivity index is 2.09. The van der Waals surface area contributed by atoms with Crippen molar-refractivity contribution in [1.29, 1.82) is 0 Å². The van der Waals surface area contributed by atoms with Crippen molar-refractivity contribution in [2.45, 2.75) is 6.92 Å². The summed E-state index contributed by atoms with van der Waals surface area (Å²) in [5.41, 5.74) is 3.14. The molecule has 0 fully saturated rings. The van der Waals surface area contributed by atoms with Crippen molar-refractivity contribution in [3.05, 3.63) is 70.6 Å². The molecule has 19 heavy (non-hydrogen) atoms. The topological polar surface area (TPSA) is 42.2 Å². The molecule has 2 aromatic carbocycles. The fraction of sp³-hybridized carbons (Fsp3) is 0.0625. The molecule has 3 rings (SSSR count). The van der Waals surface area contributed by atoms with E-state index in [-0.39, 0.29) is 5.63 Å². The third kappa shape index (κ3) is 2.36. The molecule has 3 nitrogen and oxygen atoms in total.